The molecule has 1 saturated carbocycles. The van der Waals surface area contributed by atoms with Gasteiger partial charge in [0.15, 0.2) is 0 Å². The minimum atomic E-state index is -3.80. The Morgan fingerprint density at radius 3 is 2.72 bits per heavy atom. The van der Waals surface area contributed by atoms with Gasteiger partial charge in [0.1, 0.15) is 16.5 Å². The van der Waals surface area contributed by atoms with Gasteiger partial charge < -0.3 is 10.6 Å². The molecular weight excluding hydrogens is 395 g/mol. The lowest BCUT2D eigenvalue weighted by Gasteiger charge is -2.44. The van der Waals surface area contributed by atoms with Crippen LogP contribution in [0.5, 0.6) is 0 Å². The normalized spacial score (nSPS) is 23.7. The number of hydrogen-bond donors (Lipinski definition) is 3. The van der Waals surface area contributed by atoms with Gasteiger partial charge in [-0.15, -0.1) is 0 Å². The van der Waals surface area contributed by atoms with Crippen LogP contribution in [-0.4, -0.2) is 31.9 Å². The highest BCUT2D eigenvalue weighted by atomic mass is 32.2. The van der Waals surface area contributed by atoms with Crippen molar-refractivity contribution in [2.75, 3.05) is 11.9 Å². The van der Waals surface area contributed by atoms with Crippen LogP contribution in [0.1, 0.15) is 30.4 Å². The average Bonchev–Trinajstić information content (AvgIpc) is 3.05. The van der Waals surface area contributed by atoms with E-state index in [2.05, 4.69) is 20.3 Å². The summed E-state index contributed by atoms with van der Waals surface area (Å²) in [5.74, 6) is 0.283. The zero-order valence-corrected chi connectivity index (χ0v) is 16.9. The van der Waals surface area contributed by atoms with Crippen LogP contribution in [0.3, 0.4) is 0 Å². The number of aromatic nitrogens is 1. The molecule has 29 heavy (non-hydrogen) atoms. The van der Waals surface area contributed by atoms with Gasteiger partial charge in [0.25, 0.3) is 0 Å². The van der Waals surface area contributed by atoms with Gasteiger partial charge in [-0.05, 0) is 37.5 Å². The number of pyridine rings is 1. The first-order valence-corrected chi connectivity index (χ1v) is 11.0. The third kappa shape index (κ3) is 4.11. The summed E-state index contributed by atoms with van der Waals surface area (Å²) in [7, 11) is -3.80. The van der Waals surface area contributed by atoms with Crippen molar-refractivity contribution in [2.45, 2.75) is 43.7 Å². The molecule has 2 aliphatic rings. The molecule has 1 aliphatic heterocycles. The van der Waals surface area contributed by atoms with Crippen LogP contribution >= 0.6 is 0 Å². The van der Waals surface area contributed by atoms with Gasteiger partial charge in [0.05, 0.1) is 0 Å². The number of anilines is 1. The van der Waals surface area contributed by atoms with Gasteiger partial charge in [-0.3, -0.25) is 4.79 Å². The Bertz CT molecular complexity index is 1030. The fourth-order valence-corrected chi connectivity index (χ4v) is 5.01. The van der Waals surface area contributed by atoms with Crippen molar-refractivity contribution in [1.82, 2.24) is 15.0 Å². The van der Waals surface area contributed by atoms with Crippen molar-refractivity contribution in [3.63, 3.8) is 0 Å². The lowest BCUT2D eigenvalue weighted by atomic mass is 9.65. The minimum absolute atomic E-state index is 0.0202. The van der Waals surface area contributed by atoms with E-state index in [0.717, 1.165) is 19.4 Å². The summed E-state index contributed by atoms with van der Waals surface area (Å²) >= 11 is 0. The number of sulfonamides is 1. The molecule has 1 aliphatic carbocycles. The molecule has 1 saturated heterocycles. The van der Waals surface area contributed by atoms with Crippen molar-refractivity contribution in [1.29, 1.82) is 0 Å². The molecule has 2 heterocycles. The van der Waals surface area contributed by atoms with E-state index in [-0.39, 0.29) is 28.8 Å². The van der Waals surface area contributed by atoms with Crippen LogP contribution in [-0.2, 0) is 21.4 Å². The highest BCUT2D eigenvalue weighted by Gasteiger charge is 2.48. The summed E-state index contributed by atoms with van der Waals surface area (Å²) in [6.07, 6.45) is 3.63. The summed E-state index contributed by atoms with van der Waals surface area (Å²) in [6.45, 7) is 2.22. The predicted octanol–water partition coefficient (Wildman–Crippen LogP) is 2.09. The van der Waals surface area contributed by atoms with Gasteiger partial charge in [-0.2, -0.15) is 0 Å². The SMILES string of the molecule is Cc1cccc(CNS(=O)(=O)c2ccc(NC3CC4(CNC(=O)C4)C3)nc2)c1F. The second-order valence-electron chi connectivity index (χ2n) is 7.95. The van der Waals surface area contributed by atoms with Gasteiger partial charge >= 0.3 is 0 Å². The topological polar surface area (TPSA) is 100 Å². The highest BCUT2D eigenvalue weighted by molar-refractivity contribution is 7.89. The molecule has 2 aromatic rings. The van der Waals surface area contributed by atoms with Crippen LogP contribution in [0.25, 0.3) is 0 Å². The maximum atomic E-state index is 14.0. The molecule has 0 atom stereocenters. The van der Waals surface area contributed by atoms with Gasteiger partial charge in [0.2, 0.25) is 15.9 Å². The van der Waals surface area contributed by atoms with E-state index in [9.17, 15) is 17.6 Å². The molecule has 2 fully saturated rings. The van der Waals surface area contributed by atoms with Crippen LogP contribution in [0.2, 0.25) is 0 Å². The van der Waals surface area contributed by atoms with E-state index in [0.29, 0.717) is 23.4 Å². The second-order valence-corrected chi connectivity index (χ2v) is 9.72. The van der Waals surface area contributed by atoms with Crippen molar-refractivity contribution in [3.8, 4) is 0 Å². The van der Waals surface area contributed by atoms with Crippen molar-refractivity contribution in [3.05, 3.63) is 53.5 Å². The minimum Gasteiger partial charge on any atom is -0.367 e. The second kappa shape index (κ2) is 7.38. The lowest BCUT2D eigenvalue weighted by molar-refractivity contribution is -0.120. The van der Waals surface area contributed by atoms with Crippen molar-refractivity contribution < 1.29 is 17.6 Å². The Morgan fingerprint density at radius 2 is 2.07 bits per heavy atom. The number of carbonyl (C=O) groups excluding carboxylic acids is 1. The number of nitrogens with one attached hydrogen (secondary N) is 3. The Balaban J connectivity index is 1.34. The van der Waals surface area contributed by atoms with E-state index in [1.165, 1.54) is 12.3 Å². The average molecular weight is 418 g/mol. The summed E-state index contributed by atoms with van der Waals surface area (Å²) in [6, 6.07) is 8.18. The molecule has 1 amide bonds. The summed E-state index contributed by atoms with van der Waals surface area (Å²) < 4.78 is 41.4. The standard InChI is InChI=1S/C20H23FN4O3S/c1-13-3-2-4-14(19(13)21)10-24-29(27,28)16-5-6-17(22-11-16)25-15-7-20(8-15)9-18(26)23-12-20/h2-6,11,15,24H,7-10,12H2,1H3,(H,22,25)(H,23,26). The number of benzene rings is 1. The molecule has 3 N–H and O–H groups in total. The summed E-state index contributed by atoms with van der Waals surface area (Å²) in [5, 5.41) is 6.15. The maximum absolute atomic E-state index is 14.0. The number of carbonyl (C=O) groups is 1. The molecule has 1 aromatic heterocycles. The summed E-state index contributed by atoms with van der Waals surface area (Å²) in [5.41, 5.74) is 0.820. The van der Waals surface area contributed by atoms with Crippen LogP contribution in [0.4, 0.5) is 10.2 Å². The first-order chi connectivity index (χ1) is 13.8. The van der Waals surface area contributed by atoms with E-state index in [1.54, 1.807) is 31.2 Å². The van der Waals surface area contributed by atoms with Gasteiger partial charge in [-0.25, -0.2) is 22.5 Å². The molecule has 0 unspecified atom stereocenters. The Labute approximate surface area is 169 Å². The van der Waals surface area contributed by atoms with E-state index < -0.39 is 15.8 Å². The lowest BCUT2D eigenvalue weighted by Crippen LogP contribution is -2.46. The smallest absolute Gasteiger partial charge is 0.242 e. The van der Waals surface area contributed by atoms with Gasteiger partial charge in [-0.1, -0.05) is 18.2 Å². The number of hydrogen-bond acceptors (Lipinski definition) is 5. The number of aryl methyl sites for hydroxylation is 1. The van der Waals surface area contributed by atoms with Gasteiger partial charge in [0, 0.05) is 42.7 Å². The Kier molecular flexibility index (Phi) is 5.04. The van der Waals surface area contributed by atoms with E-state index in [1.807, 2.05) is 0 Å². The number of amides is 1. The van der Waals surface area contributed by atoms with Crippen LogP contribution in [0.15, 0.2) is 41.4 Å². The molecule has 9 heteroatoms. The molecule has 0 radical (unpaired) electrons. The molecule has 4 rings (SSSR count). The van der Waals surface area contributed by atoms with E-state index in [4.69, 9.17) is 0 Å². The number of nitrogens with zero attached hydrogens (tertiary/aromatic N) is 1. The fraction of sp³-hybridized carbons (Fsp3) is 0.400. The first-order valence-electron chi connectivity index (χ1n) is 9.49. The Morgan fingerprint density at radius 1 is 1.28 bits per heavy atom. The third-order valence-corrected chi connectivity index (χ3v) is 7.06. The van der Waals surface area contributed by atoms with E-state index >= 15 is 0 Å². The Hall–Kier alpha value is -2.52. The largest absolute Gasteiger partial charge is 0.367 e. The van der Waals surface area contributed by atoms with Crippen molar-refractivity contribution >= 4 is 21.7 Å². The molecule has 0 bridgehead atoms. The third-order valence-electron chi connectivity index (χ3n) is 5.68. The zero-order chi connectivity index (χ0) is 20.6. The van der Waals surface area contributed by atoms with Crippen molar-refractivity contribution in [2.24, 2.45) is 5.41 Å². The zero-order valence-electron chi connectivity index (χ0n) is 16.0. The predicted molar refractivity (Wildman–Crippen MR) is 106 cm³/mol. The maximum Gasteiger partial charge on any atom is 0.242 e. The first kappa shape index (κ1) is 19.8. The fourth-order valence-electron chi connectivity index (χ4n) is 4.06. The molecule has 1 aromatic carbocycles. The quantitative estimate of drug-likeness (QED) is 0.667. The molecule has 154 valence electrons. The molecular formula is C20H23FN4O3S. The summed E-state index contributed by atoms with van der Waals surface area (Å²) in [4.78, 5) is 15.6. The molecule has 7 nitrogen and oxygen atoms in total. The number of halogens is 1. The van der Waals surface area contributed by atoms with Crippen LogP contribution < -0.4 is 15.4 Å². The monoisotopic (exact) mass is 418 g/mol. The highest BCUT2D eigenvalue weighted by Crippen LogP contribution is 2.46. The number of rotatable bonds is 6. The molecule has 1 spiro atoms. The van der Waals surface area contributed by atoms with Crippen LogP contribution in [0, 0.1) is 18.2 Å².